The molecule has 22 heavy (non-hydrogen) atoms. The van der Waals surface area contributed by atoms with Crippen molar-refractivity contribution in [1.82, 2.24) is 9.97 Å². The summed E-state index contributed by atoms with van der Waals surface area (Å²) >= 11 is 0. The number of aromatic nitrogens is 2. The van der Waals surface area contributed by atoms with Gasteiger partial charge in [0.15, 0.2) is 0 Å². The molecule has 0 saturated carbocycles. The van der Waals surface area contributed by atoms with E-state index in [4.69, 9.17) is 0 Å². The maximum Gasteiger partial charge on any atom is 0.323 e. The van der Waals surface area contributed by atoms with Gasteiger partial charge in [-0.2, -0.15) is 0 Å². The van der Waals surface area contributed by atoms with Crippen LogP contribution < -0.4 is 10.6 Å². The van der Waals surface area contributed by atoms with Gasteiger partial charge in [0.25, 0.3) is 0 Å². The van der Waals surface area contributed by atoms with E-state index in [1.807, 2.05) is 55.5 Å². The third-order valence-corrected chi connectivity index (χ3v) is 3.24. The minimum atomic E-state index is -0.289. The highest BCUT2D eigenvalue weighted by Crippen LogP contribution is 2.24. The van der Waals surface area contributed by atoms with E-state index >= 15 is 0 Å². The van der Waals surface area contributed by atoms with Crippen LogP contribution >= 0.6 is 0 Å². The third kappa shape index (κ3) is 3.15. The average Bonchev–Trinajstić information content (AvgIpc) is 3.04. The van der Waals surface area contributed by atoms with Crippen LogP contribution in [0.3, 0.4) is 0 Å². The zero-order valence-corrected chi connectivity index (χ0v) is 12.1. The molecule has 3 rings (SSSR count). The quantitative estimate of drug-likeness (QED) is 0.682. The van der Waals surface area contributed by atoms with Gasteiger partial charge in [-0.1, -0.05) is 29.8 Å². The number of anilines is 2. The van der Waals surface area contributed by atoms with Crippen molar-refractivity contribution >= 4 is 17.4 Å². The number of H-pyrrole nitrogens is 1. The second-order valence-corrected chi connectivity index (χ2v) is 4.93. The molecule has 2 aromatic carbocycles. The van der Waals surface area contributed by atoms with Crippen LogP contribution in [0, 0.1) is 6.92 Å². The Labute approximate surface area is 128 Å². The fraction of sp³-hybridized carbons (Fsp3) is 0.0588. The predicted molar refractivity (Wildman–Crippen MR) is 87.8 cm³/mol. The maximum atomic E-state index is 12.1. The average molecular weight is 292 g/mol. The van der Waals surface area contributed by atoms with Gasteiger partial charge in [-0.05, 0) is 31.2 Å². The molecular weight excluding hydrogens is 276 g/mol. The van der Waals surface area contributed by atoms with Gasteiger partial charge in [0.1, 0.15) is 5.82 Å². The van der Waals surface area contributed by atoms with Gasteiger partial charge in [0.05, 0.1) is 5.69 Å². The van der Waals surface area contributed by atoms with Gasteiger partial charge in [0, 0.05) is 23.6 Å². The molecule has 0 aliphatic carbocycles. The molecule has 0 fully saturated rings. The molecule has 0 bridgehead atoms. The van der Waals surface area contributed by atoms with Crippen LogP contribution in [0.2, 0.25) is 0 Å². The van der Waals surface area contributed by atoms with Crippen LogP contribution in [0.4, 0.5) is 16.2 Å². The van der Waals surface area contributed by atoms with Crippen molar-refractivity contribution in [2.75, 3.05) is 10.6 Å². The lowest BCUT2D eigenvalue weighted by Crippen LogP contribution is -2.19. The molecule has 0 spiro atoms. The molecule has 5 nitrogen and oxygen atoms in total. The Morgan fingerprint density at radius 1 is 1.05 bits per heavy atom. The summed E-state index contributed by atoms with van der Waals surface area (Å²) in [7, 11) is 0. The fourth-order valence-corrected chi connectivity index (χ4v) is 2.13. The van der Waals surface area contributed by atoms with Crippen molar-refractivity contribution in [3.8, 4) is 11.4 Å². The summed E-state index contributed by atoms with van der Waals surface area (Å²) in [6.07, 6.45) is 3.43. The van der Waals surface area contributed by atoms with E-state index in [1.165, 1.54) is 0 Å². The Kier molecular flexibility index (Phi) is 3.87. The third-order valence-electron chi connectivity index (χ3n) is 3.24. The standard InChI is InChI=1S/C17H16N4O/c1-12-6-8-13(9-7-12)20-17(22)21-15-5-3-2-4-14(15)16-18-10-11-19-16/h2-11H,1H3,(H,18,19)(H2,20,21,22). The number of hydrogen-bond donors (Lipinski definition) is 3. The largest absolute Gasteiger partial charge is 0.345 e. The van der Waals surface area contributed by atoms with E-state index in [0.29, 0.717) is 11.5 Å². The zero-order valence-electron chi connectivity index (χ0n) is 12.1. The summed E-state index contributed by atoms with van der Waals surface area (Å²) in [5.74, 6) is 0.714. The van der Waals surface area contributed by atoms with Crippen molar-refractivity contribution in [2.24, 2.45) is 0 Å². The SMILES string of the molecule is Cc1ccc(NC(=O)Nc2ccccc2-c2ncc[nH]2)cc1. The minimum absolute atomic E-state index is 0.289. The van der Waals surface area contributed by atoms with E-state index in [9.17, 15) is 4.79 Å². The summed E-state index contributed by atoms with van der Waals surface area (Å²) in [6, 6.07) is 14.9. The van der Waals surface area contributed by atoms with Crippen LogP contribution in [0.15, 0.2) is 60.9 Å². The number of nitrogens with zero attached hydrogens (tertiary/aromatic N) is 1. The first-order valence-corrected chi connectivity index (χ1v) is 6.96. The van der Waals surface area contributed by atoms with E-state index in [1.54, 1.807) is 12.4 Å². The lowest BCUT2D eigenvalue weighted by molar-refractivity contribution is 0.262. The molecule has 0 aliphatic rings. The Morgan fingerprint density at radius 3 is 2.55 bits per heavy atom. The topological polar surface area (TPSA) is 69.8 Å². The molecule has 0 unspecified atom stereocenters. The molecule has 1 heterocycles. The molecule has 0 saturated heterocycles. The first kappa shape index (κ1) is 13.9. The molecule has 1 aromatic heterocycles. The number of amides is 2. The van der Waals surface area contributed by atoms with Crippen molar-refractivity contribution < 1.29 is 4.79 Å². The molecule has 0 aliphatic heterocycles. The Bertz CT molecular complexity index is 764. The first-order valence-electron chi connectivity index (χ1n) is 6.96. The molecule has 5 heteroatoms. The number of para-hydroxylation sites is 1. The fourth-order valence-electron chi connectivity index (χ4n) is 2.13. The van der Waals surface area contributed by atoms with E-state index in [-0.39, 0.29) is 6.03 Å². The smallest absolute Gasteiger partial charge is 0.323 e. The first-order chi connectivity index (χ1) is 10.7. The number of imidazole rings is 1. The second kappa shape index (κ2) is 6.13. The predicted octanol–water partition coefficient (Wildman–Crippen LogP) is 4.03. The Morgan fingerprint density at radius 2 is 1.82 bits per heavy atom. The van der Waals surface area contributed by atoms with E-state index in [0.717, 1.165) is 16.8 Å². The summed E-state index contributed by atoms with van der Waals surface area (Å²) in [5, 5.41) is 5.66. The van der Waals surface area contributed by atoms with Gasteiger partial charge in [-0.25, -0.2) is 9.78 Å². The molecule has 0 atom stereocenters. The van der Waals surface area contributed by atoms with Crippen LogP contribution in [-0.4, -0.2) is 16.0 Å². The zero-order chi connectivity index (χ0) is 15.4. The molecule has 110 valence electrons. The van der Waals surface area contributed by atoms with Gasteiger partial charge in [-0.15, -0.1) is 0 Å². The highest BCUT2D eigenvalue weighted by molar-refractivity contribution is 6.01. The number of benzene rings is 2. The molecular formula is C17H16N4O. The monoisotopic (exact) mass is 292 g/mol. The summed E-state index contributed by atoms with van der Waals surface area (Å²) in [5.41, 5.74) is 3.43. The molecule has 3 N–H and O–H groups in total. The van der Waals surface area contributed by atoms with Crippen molar-refractivity contribution in [2.45, 2.75) is 6.92 Å². The van der Waals surface area contributed by atoms with E-state index in [2.05, 4.69) is 20.6 Å². The van der Waals surface area contributed by atoms with Crippen LogP contribution in [0.5, 0.6) is 0 Å². The maximum absolute atomic E-state index is 12.1. The van der Waals surface area contributed by atoms with Gasteiger partial charge in [-0.3, -0.25) is 0 Å². The number of aromatic amines is 1. The van der Waals surface area contributed by atoms with Gasteiger partial charge >= 0.3 is 6.03 Å². The number of nitrogens with one attached hydrogen (secondary N) is 3. The Hall–Kier alpha value is -3.08. The Balaban J connectivity index is 1.76. The van der Waals surface area contributed by atoms with Crippen molar-refractivity contribution in [3.63, 3.8) is 0 Å². The summed E-state index contributed by atoms with van der Waals surface area (Å²) < 4.78 is 0. The normalized spacial score (nSPS) is 10.2. The second-order valence-electron chi connectivity index (χ2n) is 4.93. The molecule has 0 radical (unpaired) electrons. The minimum Gasteiger partial charge on any atom is -0.345 e. The number of rotatable bonds is 3. The summed E-state index contributed by atoms with van der Waals surface area (Å²) in [4.78, 5) is 19.4. The highest BCUT2D eigenvalue weighted by atomic mass is 16.2. The number of carbonyl (C=O) groups is 1. The van der Waals surface area contributed by atoms with Crippen LogP contribution in [0.1, 0.15) is 5.56 Å². The lowest BCUT2D eigenvalue weighted by Gasteiger charge is -2.11. The highest BCUT2D eigenvalue weighted by Gasteiger charge is 2.09. The van der Waals surface area contributed by atoms with Crippen molar-refractivity contribution in [3.05, 3.63) is 66.5 Å². The number of aryl methyl sites for hydroxylation is 1. The molecule has 3 aromatic rings. The van der Waals surface area contributed by atoms with Gasteiger partial charge < -0.3 is 15.6 Å². The number of carbonyl (C=O) groups excluding carboxylic acids is 1. The molecule has 2 amide bonds. The lowest BCUT2D eigenvalue weighted by atomic mass is 10.1. The van der Waals surface area contributed by atoms with E-state index < -0.39 is 0 Å². The number of urea groups is 1. The van der Waals surface area contributed by atoms with Crippen LogP contribution in [0.25, 0.3) is 11.4 Å². The number of hydrogen-bond acceptors (Lipinski definition) is 2. The summed E-state index contributed by atoms with van der Waals surface area (Å²) in [6.45, 7) is 2.00. The van der Waals surface area contributed by atoms with Crippen LogP contribution in [-0.2, 0) is 0 Å². The van der Waals surface area contributed by atoms with Crippen molar-refractivity contribution in [1.29, 1.82) is 0 Å². The van der Waals surface area contributed by atoms with Gasteiger partial charge in [0.2, 0.25) is 0 Å².